The minimum absolute atomic E-state index is 0.0501. The first-order valence-corrected chi connectivity index (χ1v) is 7.23. The lowest BCUT2D eigenvalue weighted by Crippen LogP contribution is -2.31. The van der Waals surface area contributed by atoms with E-state index >= 15 is 0 Å². The molecule has 0 N–H and O–H groups in total. The summed E-state index contributed by atoms with van der Waals surface area (Å²) < 4.78 is 18.2. The molecule has 0 saturated carbocycles. The molecule has 2 aromatic rings. The van der Waals surface area contributed by atoms with Crippen LogP contribution in [-0.4, -0.2) is 29.4 Å². The number of nitro groups is 1. The molecule has 2 rings (SSSR count). The molecule has 0 aliphatic rings. The number of rotatable bonds is 6. The van der Waals surface area contributed by atoms with Gasteiger partial charge in [-0.2, -0.15) is 0 Å². The number of carbonyl (C=O) groups excluding carboxylic acids is 1. The van der Waals surface area contributed by atoms with Crippen LogP contribution in [0.4, 0.5) is 10.1 Å². The van der Waals surface area contributed by atoms with Crippen LogP contribution in [0.25, 0.3) is 0 Å². The second kappa shape index (κ2) is 7.54. The van der Waals surface area contributed by atoms with Crippen LogP contribution in [-0.2, 0) is 11.3 Å². The third kappa shape index (κ3) is 4.52. The van der Waals surface area contributed by atoms with Gasteiger partial charge < -0.3 is 9.64 Å². The molecule has 1 amide bonds. The van der Waals surface area contributed by atoms with Crippen molar-refractivity contribution in [2.75, 3.05) is 13.7 Å². The monoisotopic (exact) mass is 332 g/mol. The minimum Gasteiger partial charge on any atom is -0.477 e. The van der Waals surface area contributed by atoms with Crippen molar-refractivity contribution < 1.29 is 18.8 Å². The molecule has 0 bridgehead atoms. The minimum atomic E-state index is -0.547. The maximum atomic E-state index is 12.9. The van der Waals surface area contributed by atoms with Gasteiger partial charge in [0.25, 0.3) is 5.91 Å². The van der Waals surface area contributed by atoms with Crippen LogP contribution in [0, 0.1) is 22.9 Å². The van der Waals surface area contributed by atoms with Gasteiger partial charge >= 0.3 is 5.69 Å². The molecule has 0 atom stereocenters. The van der Waals surface area contributed by atoms with Gasteiger partial charge in [-0.3, -0.25) is 14.9 Å². The highest BCUT2D eigenvalue weighted by Gasteiger charge is 2.17. The second-order valence-corrected chi connectivity index (χ2v) is 5.39. The summed E-state index contributed by atoms with van der Waals surface area (Å²) in [4.78, 5) is 24.0. The maximum absolute atomic E-state index is 12.9. The van der Waals surface area contributed by atoms with Crippen molar-refractivity contribution in [3.63, 3.8) is 0 Å². The number of carbonyl (C=O) groups is 1. The van der Waals surface area contributed by atoms with Crippen molar-refractivity contribution in [2.45, 2.75) is 13.5 Å². The zero-order chi connectivity index (χ0) is 17.7. The van der Waals surface area contributed by atoms with Crippen molar-refractivity contribution in [3.8, 4) is 5.75 Å². The number of aryl methyl sites for hydroxylation is 1. The summed E-state index contributed by atoms with van der Waals surface area (Å²) in [5.74, 6) is -0.633. The molecule has 0 radical (unpaired) electrons. The van der Waals surface area contributed by atoms with Gasteiger partial charge in [0, 0.05) is 19.7 Å². The first kappa shape index (κ1) is 17.4. The number of amides is 1. The Labute approximate surface area is 138 Å². The molecule has 0 unspecified atom stereocenters. The lowest BCUT2D eigenvalue weighted by Gasteiger charge is -2.17. The van der Waals surface area contributed by atoms with E-state index in [1.54, 1.807) is 32.2 Å². The lowest BCUT2D eigenvalue weighted by atomic mass is 10.2. The second-order valence-electron chi connectivity index (χ2n) is 5.39. The van der Waals surface area contributed by atoms with Gasteiger partial charge in [-0.15, -0.1) is 0 Å². The van der Waals surface area contributed by atoms with E-state index in [1.807, 2.05) is 0 Å². The molecule has 2 aromatic carbocycles. The predicted molar refractivity (Wildman–Crippen MR) is 86.2 cm³/mol. The Morgan fingerprint density at radius 1 is 1.25 bits per heavy atom. The molecule has 24 heavy (non-hydrogen) atoms. The summed E-state index contributed by atoms with van der Waals surface area (Å²) in [5.41, 5.74) is 1.33. The first-order valence-electron chi connectivity index (χ1n) is 7.23. The van der Waals surface area contributed by atoms with Gasteiger partial charge in [0.15, 0.2) is 12.4 Å². The molecular weight excluding hydrogens is 315 g/mol. The van der Waals surface area contributed by atoms with Crippen molar-refractivity contribution in [1.82, 2.24) is 4.90 Å². The third-order valence-electron chi connectivity index (χ3n) is 3.42. The largest absolute Gasteiger partial charge is 0.477 e. The Bertz CT molecular complexity index is 747. The van der Waals surface area contributed by atoms with E-state index in [0.29, 0.717) is 6.54 Å². The zero-order valence-electron chi connectivity index (χ0n) is 13.4. The summed E-state index contributed by atoms with van der Waals surface area (Å²) in [6.07, 6.45) is 0. The molecule has 0 heterocycles. The number of ether oxygens (including phenoxy) is 1. The average Bonchev–Trinajstić information content (AvgIpc) is 2.55. The number of hydrogen-bond acceptors (Lipinski definition) is 4. The lowest BCUT2D eigenvalue weighted by molar-refractivity contribution is -0.385. The third-order valence-corrected chi connectivity index (χ3v) is 3.42. The summed E-state index contributed by atoms with van der Waals surface area (Å²) in [6, 6.07) is 10.4. The van der Waals surface area contributed by atoms with Gasteiger partial charge in [0.05, 0.1) is 4.92 Å². The molecule has 0 fully saturated rings. The molecule has 7 heteroatoms. The van der Waals surface area contributed by atoms with Crippen LogP contribution in [0.3, 0.4) is 0 Å². The van der Waals surface area contributed by atoms with E-state index < -0.39 is 4.92 Å². The molecule has 126 valence electrons. The smallest absolute Gasteiger partial charge is 0.311 e. The molecule has 0 aliphatic carbocycles. The Hall–Kier alpha value is -2.96. The quantitative estimate of drug-likeness (QED) is 0.602. The molecule has 0 saturated heterocycles. The van der Waals surface area contributed by atoms with Crippen LogP contribution in [0.1, 0.15) is 11.1 Å². The van der Waals surface area contributed by atoms with Gasteiger partial charge in [-0.1, -0.05) is 18.2 Å². The molecule has 0 spiro atoms. The summed E-state index contributed by atoms with van der Waals surface area (Å²) in [6.45, 7) is 1.71. The van der Waals surface area contributed by atoms with Crippen LogP contribution < -0.4 is 4.74 Å². The Balaban J connectivity index is 1.97. The van der Waals surface area contributed by atoms with Gasteiger partial charge in [0.1, 0.15) is 5.82 Å². The van der Waals surface area contributed by atoms with E-state index in [9.17, 15) is 19.3 Å². The van der Waals surface area contributed by atoms with Crippen molar-refractivity contribution >= 4 is 11.6 Å². The van der Waals surface area contributed by atoms with Gasteiger partial charge in [0.2, 0.25) is 0 Å². The van der Waals surface area contributed by atoms with E-state index in [1.165, 1.54) is 29.2 Å². The maximum Gasteiger partial charge on any atom is 0.311 e. The molecule has 6 nitrogen and oxygen atoms in total. The Kier molecular flexibility index (Phi) is 5.47. The van der Waals surface area contributed by atoms with Crippen LogP contribution >= 0.6 is 0 Å². The van der Waals surface area contributed by atoms with Crippen molar-refractivity contribution in [2.24, 2.45) is 0 Å². The first-order chi connectivity index (χ1) is 11.4. The van der Waals surface area contributed by atoms with Crippen LogP contribution in [0.5, 0.6) is 5.75 Å². The van der Waals surface area contributed by atoms with E-state index in [4.69, 9.17) is 4.74 Å². The summed E-state index contributed by atoms with van der Waals surface area (Å²) >= 11 is 0. The number of hydrogen-bond donors (Lipinski definition) is 0. The molecular formula is C17H17FN2O4. The Morgan fingerprint density at radius 3 is 2.54 bits per heavy atom. The summed E-state index contributed by atoms with van der Waals surface area (Å²) in [5, 5.41) is 11.0. The van der Waals surface area contributed by atoms with Crippen molar-refractivity contribution in [3.05, 3.63) is 69.5 Å². The number of nitrogens with zero attached hydrogens (tertiary/aromatic N) is 2. The molecule has 0 aromatic heterocycles. The fourth-order valence-electron chi connectivity index (χ4n) is 2.09. The van der Waals surface area contributed by atoms with E-state index in [-0.39, 0.29) is 29.8 Å². The fourth-order valence-corrected chi connectivity index (χ4v) is 2.09. The normalized spacial score (nSPS) is 10.3. The van der Waals surface area contributed by atoms with Crippen LogP contribution in [0.15, 0.2) is 42.5 Å². The number of halogens is 1. The van der Waals surface area contributed by atoms with Crippen molar-refractivity contribution in [1.29, 1.82) is 0 Å². The number of nitro benzene ring substituents is 1. The van der Waals surface area contributed by atoms with Crippen LogP contribution in [0.2, 0.25) is 0 Å². The topological polar surface area (TPSA) is 72.7 Å². The molecule has 0 aliphatic heterocycles. The highest BCUT2D eigenvalue weighted by molar-refractivity contribution is 5.77. The van der Waals surface area contributed by atoms with Gasteiger partial charge in [-0.25, -0.2) is 4.39 Å². The standard InChI is InChI=1S/C17H17FN2O4/c1-12-3-8-16(15(9-12)20(22)23)24-11-17(21)19(2)10-13-4-6-14(18)7-5-13/h3-9H,10-11H2,1-2H3. The zero-order valence-corrected chi connectivity index (χ0v) is 13.4. The SMILES string of the molecule is Cc1ccc(OCC(=O)N(C)Cc2ccc(F)cc2)c([N+](=O)[O-])c1. The number of likely N-dealkylation sites (N-methyl/N-ethyl adjacent to an activating group) is 1. The highest BCUT2D eigenvalue weighted by Crippen LogP contribution is 2.27. The predicted octanol–water partition coefficient (Wildman–Crippen LogP) is 3.08. The highest BCUT2D eigenvalue weighted by atomic mass is 19.1. The van der Waals surface area contributed by atoms with Gasteiger partial charge in [-0.05, 0) is 36.2 Å². The average molecular weight is 332 g/mol. The Morgan fingerprint density at radius 2 is 1.92 bits per heavy atom. The van der Waals surface area contributed by atoms with E-state index in [0.717, 1.165) is 11.1 Å². The van der Waals surface area contributed by atoms with E-state index in [2.05, 4.69) is 0 Å². The summed E-state index contributed by atoms with van der Waals surface area (Å²) in [7, 11) is 1.58. The number of benzene rings is 2. The fraction of sp³-hybridized carbons (Fsp3) is 0.235.